The van der Waals surface area contributed by atoms with Crippen molar-refractivity contribution in [2.24, 2.45) is 0 Å². The van der Waals surface area contributed by atoms with Gasteiger partial charge in [0, 0.05) is 31.6 Å². The number of para-hydroxylation sites is 1. The summed E-state index contributed by atoms with van der Waals surface area (Å²) in [6, 6.07) is 8.01. The summed E-state index contributed by atoms with van der Waals surface area (Å²) in [5, 5.41) is 9.91. The number of nitrogens with one attached hydrogen (secondary N) is 2. The van der Waals surface area contributed by atoms with Crippen LogP contribution >= 0.6 is 0 Å². The van der Waals surface area contributed by atoms with E-state index in [0.29, 0.717) is 18.8 Å². The van der Waals surface area contributed by atoms with Gasteiger partial charge in [-0.3, -0.25) is 14.8 Å². The van der Waals surface area contributed by atoms with Gasteiger partial charge in [-0.1, -0.05) is 31.5 Å². The number of hydrogen-bond acceptors (Lipinski definition) is 5. The topological polar surface area (TPSA) is 83.1 Å². The zero-order valence-corrected chi connectivity index (χ0v) is 17.1. The van der Waals surface area contributed by atoms with Gasteiger partial charge in [-0.25, -0.2) is 4.98 Å². The van der Waals surface area contributed by atoms with Gasteiger partial charge in [0.25, 0.3) is 0 Å². The minimum Gasteiger partial charge on any atom is -0.489 e. The quantitative estimate of drug-likeness (QED) is 0.729. The molecule has 3 rings (SSSR count). The number of aryl methyl sites for hydroxylation is 1. The van der Waals surface area contributed by atoms with Crippen LogP contribution in [0.5, 0.6) is 5.75 Å². The van der Waals surface area contributed by atoms with Crippen LogP contribution < -0.4 is 10.1 Å². The van der Waals surface area contributed by atoms with Crippen LogP contribution in [-0.2, 0) is 11.3 Å². The van der Waals surface area contributed by atoms with Gasteiger partial charge in [-0.15, -0.1) is 0 Å². The third-order valence-electron chi connectivity index (χ3n) is 5.04. The van der Waals surface area contributed by atoms with Gasteiger partial charge in [-0.2, -0.15) is 5.10 Å². The number of nitrogens with zero attached hydrogens (tertiary/aromatic N) is 3. The second-order valence-corrected chi connectivity index (χ2v) is 7.54. The van der Waals surface area contributed by atoms with Crippen molar-refractivity contribution < 1.29 is 9.53 Å². The fourth-order valence-corrected chi connectivity index (χ4v) is 3.50. The van der Waals surface area contributed by atoms with Crippen LogP contribution in [0.3, 0.4) is 0 Å². The SMILES string of the molecule is CCCCC1CN(CCC(=O)NC(C)c2n[nH]c(C)n2)Cc2ccccc2O1. The molecular formula is C21H31N5O2. The van der Waals surface area contributed by atoms with Crippen LogP contribution in [-0.4, -0.2) is 45.2 Å². The molecule has 28 heavy (non-hydrogen) atoms. The maximum Gasteiger partial charge on any atom is 0.221 e. The Morgan fingerprint density at radius 1 is 1.43 bits per heavy atom. The number of carbonyl (C=O) groups excluding carboxylic acids is 1. The molecule has 7 heteroatoms. The third-order valence-corrected chi connectivity index (χ3v) is 5.04. The predicted molar refractivity (Wildman–Crippen MR) is 108 cm³/mol. The molecule has 1 aliphatic rings. The maximum absolute atomic E-state index is 12.4. The van der Waals surface area contributed by atoms with Crippen molar-refractivity contribution in [3.63, 3.8) is 0 Å². The van der Waals surface area contributed by atoms with Crippen LogP contribution in [0.15, 0.2) is 24.3 Å². The number of benzene rings is 1. The largest absolute Gasteiger partial charge is 0.489 e. The van der Waals surface area contributed by atoms with E-state index >= 15 is 0 Å². The highest BCUT2D eigenvalue weighted by Crippen LogP contribution is 2.26. The van der Waals surface area contributed by atoms with Crippen LogP contribution in [0.1, 0.15) is 62.8 Å². The standard InChI is InChI=1S/C21H31N5O2/c1-4-5-9-18-14-26(13-17-8-6-7-10-19(17)28-18)12-11-20(27)22-15(2)21-23-16(3)24-25-21/h6-8,10,15,18H,4-5,9,11-14H2,1-3H3,(H,22,27)(H,23,24,25). The molecule has 0 saturated carbocycles. The van der Waals surface area contributed by atoms with E-state index in [4.69, 9.17) is 4.74 Å². The molecule has 1 aromatic carbocycles. The highest BCUT2D eigenvalue weighted by atomic mass is 16.5. The van der Waals surface area contributed by atoms with E-state index in [9.17, 15) is 4.79 Å². The van der Waals surface area contributed by atoms with Crippen molar-refractivity contribution in [1.82, 2.24) is 25.4 Å². The molecule has 0 saturated heterocycles. The van der Waals surface area contributed by atoms with Gasteiger partial charge in [-0.05, 0) is 32.8 Å². The summed E-state index contributed by atoms with van der Waals surface area (Å²) in [5.74, 6) is 2.35. The molecule has 7 nitrogen and oxygen atoms in total. The normalized spacial score (nSPS) is 18.0. The third kappa shape index (κ3) is 5.55. The second kappa shape index (κ2) is 9.68. The van der Waals surface area contributed by atoms with Gasteiger partial charge in [0.1, 0.15) is 17.7 Å². The van der Waals surface area contributed by atoms with Crippen LogP contribution in [0.4, 0.5) is 0 Å². The lowest BCUT2D eigenvalue weighted by Gasteiger charge is -2.24. The number of fused-ring (bicyclic) bond motifs is 1. The molecule has 1 amide bonds. The molecule has 2 unspecified atom stereocenters. The highest BCUT2D eigenvalue weighted by molar-refractivity contribution is 5.76. The summed E-state index contributed by atoms with van der Waals surface area (Å²) >= 11 is 0. The molecular weight excluding hydrogens is 354 g/mol. The monoisotopic (exact) mass is 385 g/mol. The average molecular weight is 386 g/mol. The first-order valence-corrected chi connectivity index (χ1v) is 10.2. The highest BCUT2D eigenvalue weighted by Gasteiger charge is 2.23. The number of H-pyrrole nitrogens is 1. The number of unbranched alkanes of at least 4 members (excludes halogenated alkanes) is 1. The van der Waals surface area contributed by atoms with E-state index in [1.165, 1.54) is 5.56 Å². The number of rotatable bonds is 8. The maximum atomic E-state index is 12.4. The summed E-state index contributed by atoms with van der Waals surface area (Å²) < 4.78 is 6.26. The second-order valence-electron chi connectivity index (χ2n) is 7.54. The van der Waals surface area contributed by atoms with Crippen molar-refractivity contribution in [2.45, 2.75) is 65.1 Å². The zero-order valence-electron chi connectivity index (χ0n) is 17.1. The van der Waals surface area contributed by atoms with Crippen LogP contribution in [0.25, 0.3) is 0 Å². The number of aromatic amines is 1. The lowest BCUT2D eigenvalue weighted by Crippen LogP contribution is -2.36. The smallest absolute Gasteiger partial charge is 0.221 e. The lowest BCUT2D eigenvalue weighted by molar-refractivity contribution is -0.122. The van der Waals surface area contributed by atoms with Crippen molar-refractivity contribution in [3.8, 4) is 5.75 Å². The summed E-state index contributed by atoms with van der Waals surface area (Å²) in [6.45, 7) is 8.30. The fraction of sp³-hybridized carbons (Fsp3) is 0.571. The first-order valence-electron chi connectivity index (χ1n) is 10.2. The Morgan fingerprint density at radius 2 is 2.25 bits per heavy atom. The number of ether oxygens (including phenoxy) is 1. The zero-order chi connectivity index (χ0) is 19.9. The fourth-order valence-electron chi connectivity index (χ4n) is 3.50. The Balaban J connectivity index is 1.56. The van der Waals surface area contributed by atoms with Gasteiger partial charge in [0.15, 0.2) is 5.82 Å². The van der Waals surface area contributed by atoms with Crippen LogP contribution in [0.2, 0.25) is 0 Å². The molecule has 0 bridgehead atoms. The molecule has 2 heterocycles. The first kappa shape index (κ1) is 20.3. The minimum absolute atomic E-state index is 0.0125. The van der Waals surface area contributed by atoms with Crippen molar-refractivity contribution in [2.75, 3.05) is 13.1 Å². The Hall–Kier alpha value is -2.41. The molecule has 2 atom stereocenters. The average Bonchev–Trinajstić information content (AvgIpc) is 3.03. The molecule has 0 fully saturated rings. The van der Waals surface area contributed by atoms with E-state index in [-0.39, 0.29) is 18.1 Å². The molecule has 1 aromatic heterocycles. The van der Waals surface area contributed by atoms with E-state index in [0.717, 1.165) is 43.9 Å². The summed E-state index contributed by atoms with van der Waals surface area (Å²) in [5.41, 5.74) is 1.19. The number of amides is 1. The summed E-state index contributed by atoms with van der Waals surface area (Å²) in [6.07, 6.45) is 3.95. The Kier molecular flexibility index (Phi) is 7.03. The Labute approximate surface area is 166 Å². The van der Waals surface area contributed by atoms with Gasteiger partial charge >= 0.3 is 0 Å². The summed E-state index contributed by atoms with van der Waals surface area (Å²) in [7, 11) is 0. The van der Waals surface area contributed by atoms with E-state index in [2.05, 4.69) is 38.4 Å². The lowest BCUT2D eigenvalue weighted by atomic mass is 10.1. The van der Waals surface area contributed by atoms with E-state index < -0.39 is 0 Å². The molecule has 2 N–H and O–H groups in total. The minimum atomic E-state index is -0.206. The summed E-state index contributed by atoms with van der Waals surface area (Å²) in [4.78, 5) is 19.0. The Morgan fingerprint density at radius 3 is 3.00 bits per heavy atom. The Bertz CT molecular complexity index is 776. The van der Waals surface area contributed by atoms with Crippen LogP contribution in [0, 0.1) is 6.92 Å². The molecule has 152 valence electrons. The molecule has 0 aliphatic carbocycles. The first-order chi connectivity index (χ1) is 13.5. The predicted octanol–water partition coefficient (Wildman–Crippen LogP) is 3.13. The van der Waals surface area contributed by atoms with Gasteiger partial charge in [0.2, 0.25) is 5.91 Å². The number of carbonyl (C=O) groups is 1. The van der Waals surface area contributed by atoms with E-state index in [1.807, 2.05) is 32.0 Å². The molecule has 1 aliphatic heterocycles. The number of aromatic nitrogens is 3. The van der Waals surface area contributed by atoms with Crippen molar-refractivity contribution in [3.05, 3.63) is 41.5 Å². The van der Waals surface area contributed by atoms with Gasteiger partial charge in [0.05, 0.1) is 6.04 Å². The van der Waals surface area contributed by atoms with Gasteiger partial charge < -0.3 is 10.1 Å². The number of hydrogen-bond donors (Lipinski definition) is 2. The van der Waals surface area contributed by atoms with Crippen molar-refractivity contribution in [1.29, 1.82) is 0 Å². The molecule has 2 aromatic rings. The van der Waals surface area contributed by atoms with E-state index in [1.54, 1.807) is 0 Å². The molecule has 0 radical (unpaired) electrons. The molecule has 0 spiro atoms. The van der Waals surface area contributed by atoms with Crippen molar-refractivity contribution >= 4 is 5.91 Å².